The standard InChI is InChI=1S/C14H22N2/c1-11-5-7-13(8-6-11)12(2)16-9-3-4-14(16)10-15/h5-8,12,14H,3-4,9-10,15H2,1-2H3. The van der Waals surface area contributed by atoms with Crippen molar-refractivity contribution in [3.63, 3.8) is 0 Å². The SMILES string of the molecule is Cc1ccc(C(C)N2CCCC2CN)cc1. The summed E-state index contributed by atoms with van der Waals surface area (Å²) in [5.74, 6) is 0. The molecule has 2 rings (SSSR count). The predicted octanol–water partition coefficient (Wildman–Crippen LogP) is 2.48. The van der Waals surface area contributed by atoms with E-state index >= 15 is 0 Å². The Morgan fingerprint density at radius 2 is 2.06 bits per heavy atom. The van der Waals surface area contributed by atoms with Gasteiger partial charge in [-0.15, -0.1) is 0 Å². The number of hydrogen-bond donors (Lipinski definition) is 1. The van der Waals surface area contributed by atoms with Crippen LogP contribution in [0.2, 0.25) is 0 Å². The van der Waals surface area contributed by atoms with Crippen molar-refractivity contribution in [3.8, 4) is 0 Å². The summed E-state index contributed by atoms with van der Waals surface area (Å²) in [5.41, 5.74) is 8.56. The third kappa shape index (κ3) is 2.28. The van der Waals surface area contributed by atoms with Crippen LogP contribution in [-0.2, 0) is 0 Å². The van der Waals surface area contributed by atoms with Gasteiger partial charge in [-0.05, 0) is 38.8 Å². The van der Waals surface area contributed by atoms with Crippen LogP contribution in [0.1, 0.15) is 36.9 Å². The molecule has 0 aromatic heterocycles. The largest absolute Gasteiger partial charge is 0.329 e. The van der Waals surface area contributed by atoms with Crippen LogP contribution in [0.5, 0.6) is 0 Å². The predicted molar refractivity (Wildman–Crippen MR) is 68.4 cm³/mol. The molecule has 1 aliphatic rings. The van der Waals surface area contributed by atoms with E-state index in [1.165, 1.54) is 30.5 Å². The Balaban J connectivity index is 2.12. The van der Waals surface area contributed by atoms with Crippen LogP contribution in [0, 0.1) is 6.92 Å². The molecule has 2 heteroatoms. The molecule has 1 aliphatic heterocycles. The van der Waals surface area contributed by atoms with Gasteiger partial charge in [0.1, 0.15) is 0 Å². The highest BCUT2D eigenvalue weighted by Crippen LogP contribution is 2.28. The maximum atomic E-state index is 5.82. The topological polar surface area (TPSA) is 29.3 Å². The molecule has 1 heterocycles. The summed E-state index contributed by atoms with van der Waals surface area (Å²) in [7, 11) is 0. The zero-order valence-electron chi connectivity index (χ0n) is 10.3. The zero-order chi connectivity index (χ0) is 11.5. The maximum Gasteiger partial charge on any atom is 0.0323 e. The normalized spacial score (nSPS) is 23.6. The van der Waals surface area contributed by atoms with Crippen molar-refractivity contribution in [2.45, 2.75) is 38.8 Å². The Kier molecular flexibility index (Phi) is 3.62. The number of benzene rings is 1. The minimum Gasteiger partial charge on any atom is -0.329 e. The summed E-state index contributed by atoms with van der Waals surface area (Å²) in [5, 5.41) is 0. The van der Waals surface area contributed by atoms with E-state index in [0.717, 1.165) is 6.54 Å². The summed E-state index contributed by atoms with van der Waals surface area (Å²) >= 11 is 0. The van der Waals surface area contributed by atoms with E-state index in [-0.39, 0.29) is 0 Å². The van der Waals surface area contributed by atoms with Crippen LogP contribution in [0.15, 0.2) is 24.3 Å². The molecule has 0 aliphatic carbocycles. The van der Waals surface area contributed by atoms with Gasteiger partial charge in [0.2, 0.25) is 0 Å². The lowest BCUT2D eigenvalue weighted by molar-refractivity contribution is 0.197. The average molecular weight is 218 g/mol. The van der Waals surface area contributed by atoms with Crippen molar-refractivity contribution in [3.05, 3.63) is 35.4 Å². The van der Waals surface area contributed by atoms with Gasteiger partial charge >= 0.3 is 0 Å². The van der Waals surface area contributed by atoms with Crippen LogP contribution in [-0.4, -0.2) is 24.0 Å². The Morgan fingerprint density at radius 3 is 2.69 bits per heavy atom. The second-order valence-electron chi connectivity index (χ2n) is 4.86. The number of rotatable bonds is 3. The van der Waals surface area contributed by atoms with Crippen molar-refractivity contribution in [1.29, 1.82) is 0 Å². The molecule has 0 saturated carbocycles. The molecule has 16 heavy (non-hydrogen) atoms. The van der Waals surface area contributed by atoms with Crippen molar-refractivity contribution in [2.75, 3.05) is 13.1 Å². The molecule has 88 valence electrons. The van der Waals surface area contributed by atoms with E-state index in [2.05, 4.69) is 43.0 Å². The fraction of sp³-hybridized carbons (Fsp3) is 0.571. The molecular weight excluding hydrogens is 196 g/mol. The lowest BCUT2D eigenvalue weighted by Crippen LogP contribution is -2.37. The van der Waals surface area contributed by atoms with Gasteiger partial charge in [0.15, 0.2) is 0 Å². The maximum absolute atomic E-state index is 5.82. The molecule has 1 aromatic carbocycles. The van der Waals surface area contributed by atoms with Crippen LogP contribution in [0.25, 0.3) is 0 Å². The lowest BCUT2D eigenvalue weighted by Gasteiger charge is -2.30. The monoisotopic (exact) mass is 218 g/mol. The van der Waals surface area contributed by atoms with Gasteiger partial charge < -0.3 is 5.73 Å². The fourth-order valence-electron chi connectivity index (χ4n) is 2.66. The molecule has 1 fully saturated rings. The first-order valence-corrected chi connectivity index (χ1v) is 6.24. The fourth-order valence-corrected chi connectivity index (χ4v) is 2.66. The highest BCUT2D eigenvalue weighted by molar-refractivity contribution is 5.24. The number of nitrogens with two attached hydrogens (primary N) is 1. The molecule has 2 unspecified atom stereocenters. The first-order valence-electron chi connectivity index (χ1n) is 6.24. The van der Waals surface area contributed by atoms with Crippen LogP contribution < -0.4 is 5.73 Å². The van der Waals surface area contributed by atoms with E-state index in [1.54, 1.807) is 0 Å². The van der Waals surface area contributed by atoms with E-state index in [9.17, 15) is 0 Å². The highest BCUT2D eigenvalue weighted by atomic mass is 15.2. The number of hydrogen-bond acceptors (Lipinski definition) is 2. The number of likely N-dealkylation sites (tertiary alicyclic amines) is 1. The van der Waals surface area contributed by atoms with Gasteiger partial charge in [-0.3, -0.25) is 4.90 Å². The molecule has 0 amide bonds. The Morgan fingerprint density at radius 1 is 1.38 bits per heavy atom. The molecule has 1 aromatic rings. The molecule has 1 saturated heterocycles. The quantitative estimate of drug-likeness (QED) is 0.844. The summed E-state index contributed by atoms with van der Waals surface area (Å²) in [6.07, 6.45) is 2.55. The highest BCUT2D eigenvalue weighted by Gasteiger charge is 2.27. The molecule has 2 atom stereocenters. The van der Waals surface area contributed by atoms with Crippen LogP contribution in [0.4, 0.5) is 0 Å². The third-order valence-electron chi connectivity index (χ3n) is 3.75. The summed E-state index contributed by atoms with van der Waals surface area (Å²) in [6.45, 7) is 6.40. The zero-order valence-corrected chi connectivity index (χ0v) is 10.3. The molecule has 2 N–H and O–H groups in total. The van der Waals surface area contributed by atoms with Gasteiger partial charge in [-0.1, -0.05) is 29.8 Å². The molecule has 2 nitrogen and oxygen atoms in total. The first-order chi connectivity index (χ1) is 7.72. The smallest absolute Gasteiger partial charge is 0.0323 e. The second kappa shape index (κ2) is 4.98. The van der Waals surface area contributed by atoms with Crippen LogP contribution in [0.3, 0.4) is 0 Å². The summed E-state index contributed by atoms with van der Waals surface area (Å²) in [6, 6.07) is 9.95. The molecule has 0 spiro atoms. The Hall–Kier alpha value is -0.860. The van der Waals surface area contributed by atoms with E-state index in [4.69, 9.17) is 5.73 Å². The van der Waals surface area contributed by atoms with Gasteiger partial charge in [-0.2, -0.15) is 0 Å². The molecule has 0 radical (unpaired) electrons. The van der Waals surface area contributed by atoms with E-state index < -0.39 is 0 Å². The van der Waals surface area contributed by atoms with Crippen molar-refractivity contribution < 1.29 is 0 Å². The van der Waals surface area contributed by atoms with Gasteiger partial charge in [0.05, 0.1) is 0 Å². The average Bonchev–Trinajstić information content (AvgIpc) is 2.77. The molecule has 0 bridgehead atoms. The third-order valence-corrected chi connectivity index (χ3v) is 3.75. The van der Waals surface area contributed by atoms with Crippen molar-refractivity contribution >= 4 is 0 Å². The van der Waals surface area contributed by atoms with Gasteiger partial charge in [-0.25, -0.2) is 0 Å². The summed E-state index contributed by atoms with van der Waals surface area (Å²) in [4.78, 5) is 2.55. The Bertz CT molecular complexity index is 331. The minimum absolute atomic E-state index is 0.497. The second-order valence-corrected chi connectivity index (χ2v) is 4.86. The summed E-state index contributed by atoms with van der Waals surface area (Å²) < 4.78 is 0. The number of nitrogens with zero attached hydrogens (tertiary/aromatic N) is 1. The number of aryl methyl sites for hydroxylation is 1. The Labute approximate surface area is 98.4 Å². The lowest BCUT2D eigenvalue weighted by atomic mass is 10.0. The molecular formula is C14H22N2. The first kappa shape index (κ1) is 11.6. The van der Waals surface area contributed by atoms with Crippen LogP contribution >= 0.6 is 0 Å². The van der Waals surface area contributed by atoms with Crippen molar-refractivity contribution in [2.24, 2.45) is 5.73 Å². The van der Waals surface area contributed by atoms with Crippen molar-refractivity contribution in [1.82, 2.24) is 4.90 Å². The van der Waals surface area contributed by atoms with E-state index in [0.29, 0.717) is 12.1 Å². The van der Waals surface area contributed by atoms with E-state index in [1.807, 2.05) is 0 Å². The van der Waals surface area contributed by atoms with Gasteiger partial charge in [0.25, 0.3) is 0 Å². The minimum atomic E-state index is 0.497. The van der Waals surface area contributed by atoms with Gasteiger partial charge in [0, 0.05) is 18.6 Å².